The predicted octanol–water partition coefficient (Wildman–Crippen LogP) is 8.32. The molecular formula is C27H23F7O3. The lowest BCUT2D eigenvalue weighted by Crippen LogP contribution is -2.21. The topological polar surface area (TPSA) is 46.5 Å². The van der Waals surface area contributed by atoms with Crippen molar-refractivity contribution in [3.8, 4) is 16.9 Å². The highest BCUT2D eigenvalue weighted by Crippen LogP contribution is 2.45. The van der Waals surface area contributed by atoms with Gasteiger partial charge in [0.05, 0.1) is 11.5 Å². The van der Waals surface area contributed by atoms with Crippen LogP contribution in [0.2, 0.25) is 0 Å². The molecule has 3 aromatic carbocycles. The summed E-state index contributed by atoms with van der Waals surface area (Å²) in [4.78, 5) is 12.1. The fourth-order valence-electron chi connectivity index (χ4n) is 4.05. The summed E-state index contributed by atoms with van der Waals surface area (Å²) in [6.45, 7) is 2.36. The van der Waals surface area contributed by atoms with Gasteiger partial charge in [-0.05, 0) is 53.3 Å². The van der Waals surface area contributed by atoms with Crippen molar-refractivity contribution in [3.63, 3.8) is 0 Å². The molecule has 3 aromatic rings. The quantitative estimate of drug-likeness (QED) is 0.299. The van der Waals surface area contributed by atoms with E-state index >= 15 is 0 Å². The van der Waals surface area contributed by atoms with Gasteiger partial charge < -0.3 is 9.84 Å². The third-order valence-electron chi connectivity index (χ3n) is 5.66. The van der Waals surface area contributed by atoms with Gasteiger partial charge in [0.15, 0.2) is 0 Å². The van der Waals surface area contributed by atoms with E-state index < -0.39 is 64.7 Å². The van der Waals surface area contributed by atoms with E-state index in [1.807, 2.05) is 0 Å². The number of rotatable bonds is 8. The number of ether oxygens (including phenoxy) is 1. The fourth-order valence-corrected chi connectivity index (χ4v) is 4.05. The molecule has 0 bridgehead atoms. The number of halogens is 7. The first kappa shape index (κ1) is 28.0. The zero-order chi connectivity index (χ0) is 27.5. The number of aliphatic carboxylic acids is 1. The van der Waals surface area contributed by atoms with Gasteiger partial charge in [-0.3, -0.25) is 4.79 Å². The summed E-state index contributed by atoms with van der Waals surface area (Å²) in [5, 5.41) is 9.81. The maximum absolute atomic E-state index is 14.3. The summed E-state index contributed by atoms with van der Waals surface area (Å²) in [6, 6.07) is 12.0. The number of hydrogen-bond acceptors (Lipinski definition) is 2. The molecule has 37 heavy (non-hydrogen) atoms. The van der Waals surface area contributed by atoms with Crippen molar-refractivity contribution in [2.45, 2.75) is 45.1 Å². The molecule has 0 fully saturated rings. The Bertz CT molecular complexity index is 1250. The Balaban J connectivity index is 2.23. The van der Waals surface area contributed by atoms with Crippen LogP contribution in [-0.2, 0) is 23.8 Å². The van der Waals surface area contributed by atoms with Gasteiger partial charge in [0.25, 0.3) is 0 Å². The highest BCUT2D eigenvalue weighted by atomic mass is 19.4. The number of benzene rings is 3. The van der Waals surface area contributed by atoms with Gasteiger partial charge in [-0.1, -0.05) is 50.2 Å². The Hall–Kier alpha value is -3.56. The Morgan fingerprint density at radius 1 is 0.892 bits per heavy atom. The molecule has 0 radical (unpaired) electrons. The first-order valence-corrected chi connectivity index (χ1v) is 11.2. The third-order valence-corrected chi connectivity index (χ3v) is 5.66. The van der Waals surface area contributed by atoms with E-state index in [0.717, 1.165) is 24.3 Å². The Morgan fingerprint density at radius 3 is 2.08 bits per heavy atom. The van der Waals surface area contributed by atoms with E-state index in [0.29, 0.717) is 5.56 Å². The molecule has 0 amide bonds. The SMILES string of the molecule is CC(C)CC(C(=O)O)c1cc(-c2ccccc2)cc(OCc2ccc(F)cc2C(F)(F)F)c1C(F)(F)F. The summed E-state index contributed by atoms with van der Waals surface area (Å²) < 4.78 is 102. The number of hydrogen-bond donors (Lipinski definition) is 1. The van der Waals surface area contributed by atoms with Crippen LogP contribution in [0.1, 0.15) is 48.4 Å². The van der Waals surface area contributed by atoms with E-state index in [4.69, 9.17) is 4.74 Å². The van der Waals surface area contributed by atoms with E-state index in [1.54, 1.807) is 44.2 Å². The molecule has 0 saturated carbocycles. The van der Waals surface area contributed by atoms with E-state index in [2.05, 4.69) is 0 Å². The van der Waals surface area contributed by atoms with Crippen molar-refractivity contribution >= 4 is 5.97 Å². The number of carbonyl (C=O) groups is 1. The lowest BCUT2D eigenvalue weighted by molar-refractivity contribution is -0.143. The lowest BCUT2D eigenvalue weighted by atomic mass is 9.85. The Kier molecular flexibility index (Phi) is 8.19. The van der Waals surface area contributed by atoms with Gasteiger partial charge in [-0.15, -0.1) is 0 Å². The molecule has 0 spiro atoms. The van der Waals surface area contributed by atoms with Crippen LogP contribution in [0.25, 0.3) is 11.1 Å². The van der Waals surface area contributed by atoms with Crippen molar-refractivity contribution in [2.24, 2.45) is 5.92 Å². The molecule has 1 N–H and O–H groups in total. The minimum absolute atomic E-state index is 0.119. The monoisotopic (exact) mass is 528 g/mol. The van der Waals surface area contributed by atoms with Crippen LogP contribution in [0.15, 0.2) is 60.7 Å². The predicted molar refractivity (Wildman–Crippen MR) is 122 cm³/mol. The van der Waals surface area contributed by atoms with Gasteiger partial charge >= 0.3 is 18.3 Å². The van der Waals surface area contributed by atoms with Gasteiger partial charge in [0, 0.05) is 5.56 Å². The summed E-state index contributed by atoms with van der Waals surface area (Å²) in [7, 11) is 0. The molecule has 3 rings (SSSR count). The molecule has 1 unspecified atom stereocenters. The Morgan fingerprint density at radius 2 is 1.54 bits per heavy atom. The Labute approximate surface area is 208 Å². The van der Waals surface area contributed by atoms with E-state index in [1.165, 1.54) is 0 Å². The van der Waals surface area contributed by atoms with Crippen molar-refractivity contribution in [1.82, 2.24) is 0 Å². The van der Waals surface area contributed by atoms with Gasteiger partial charge in [-0.2, -0.15) is 26.3 Å². The fraction of sp³-hybridized carbons (Fsp3) is 0.296. The minimum Gasteiger partial charge on any atom is -0.488 e. The molecule has 0 saturated heterocycles. The first-order chi connectivity index (χ1) is 17.2. The first-order valence-electron chi connectivity index (χ1n) is 11.2. The summed E-state index contributed by atoms with van der Waals surface area (Å²) in [5.74, 6) is -5.30. The molecule has 10 heteroatoms. The van der Waals surface area contributed by atoms with Crippen molar-refractivity contribution in [2.75, 3.05) is 0 Å². The molecule has 0 aliphatic rings. The maximum atomic E-state index is 14.3. The summed E-state index contributed by atoms with van der Waals surface area (Å²) in [6.07, 6.45) is -10.2. The van der Waals surface area contributed by atoms with Gasteiger partial charge in [0.1, 0.15) is 23.7 Å². The second-order valence-electron chi connectivity index (χ2n) is 8.91. The van der Waals surface area contributed by atoms with Crippen LogP contribution >= 0.6 is 0 Å². The average molecular weight is 528 g/mol. The second-order valence-corrected chi connectivity index (χ2v) is 8.91. The molecule has 198 valence electrons. The zero-order valence-electron chi connectivity index (χ0n) is 19.8. The van der Waals surface area contributed by atoms with Crippen molar-refractivity contribution < 1.29 is 45.4 Å². The zero-order valence-corrected chi connectivity index (χ0v) is 19.8. The second kappa shape index (κ2) is 10.8. The summed E-state index contributed by atoms with van der Waals surface area (Å²) in [5.41, 5.74) is -3.25. The van der Waals surface area contributed by atoms with Crippen molar-refractivity contribution in [3.05, 3.63) is 88.7 Å². The molecule has 0 aliphatic heterocycles. The third kappa shape index (κ3) is 6.81. The molecule has 1 atom stereocenters. The van der Waals surface area contributed by atoms with E-state index in [-0.39, 0.29) is 24.0 Å². The largest absolute Gasteiger partial charge is 0.488 e. The van der Waals surface area contributed by atoms with Crippen LogP contribution in [0, 0.1) is 11.7 Å². The number of carboxylic acids is 1. The van der Waals surface area contributed by atoms with Crippen LogP contribution < -0.4 is 4.74 Å². The van der Waals surface area contributed by atoms with Crippen LogP contribution in [0.5, 0.6) is 5.75 Å². The molecule has 0 heterocycles. The lowest BCUT2D eigenvalue weighted by Gasteiger charge is -2.24. The molecule has 0 aromatic heterocycles. The van der Waals surface area contributed by atoms with Crippen LogP contribution in [0.3, 0.4) is 0 Å². The molecule has 0 aliphatic carbocycles. The van der Waals surface area contributed by atoms with Gasteiger partial charge in [-0.25, -0.2) is 4.39 Å². The number of carboxylic acid groups (broad SMARTS) is 1. The molecular weight excluding hydrogens is 505 g/mol. The van der Waals surface area contributed by atoms with Crippen LogP contribution in [-0.4, -0.2) is 11.1 Å². The highest BCUT2D eigenvalue weighted by molar-refractivity contribution is 5.79. The normalized spacial score (nSPS) is 13.0. The highest BCUT2D eigenvalue weighted by Gasteiger charge is 2.41. The standard InChI is InChI=1S/C27H23F7O3/c1-15(2)10-21(25(35)36)20-11-18(16-6-4-3-5-7-16)12-23(24(20)27(32,33)34)37-14-17-8-9-19(28)13-22(17)26(29,30)31/h3-9,11-13,15,21H,10,14H2,1-2H3,(H,35,36). The maximum Gasteiger partial charge on any atom is 0.420 e. The van der Waals surface area contributed by atoms with Gasteiger partial charge in [0.2, 0.25) is 0 Å². The minimum atomic E-state index is -5.08. The number of alkyl halides is 6. The smallest absolute Gasteiger partial charge is 0.420 e. The van der Waals surface area contributed by atoms with Crippen molar-refractivity contribution in [1.29, 1.82) is 0 Å². The van der Waals surface area contributed by atoms with E-state index in [9.17, 15) is 40.6 Å². The average Bonchev–Trinajstić information content (AvgIpc) is 2.80. The van der Waals surface area contributed by atoms with Crippen LogP contribution in [0.4, 0.5) is 30.7 Å². The molecule has 3 nitrogen and oxygen atoms in total. The summed E-state index contributed by atoms with van der Waals surface area (Å²) >= 11 is 0.